The van der Waals surface area contributed by atoms with Crippen molar-refractivity contribution in [3.63, 3.8) is 0 Å². The van der Waals surface area contributed by atoms with Crippen LogP contribution in [0.5, 0.6) is 5.75 Å². The van der Waals surface area contributed by atoms with Crippen LogP contribution < -0.4 is 4.74 Å². The van der Waals surface area contributed by atoms with E-state index in [0.29, 0.717) is 5.75 Å². The molecule has 2 heterocycles. The fourth-order valence-electron chi connectivity index (χ4n) is 1.57. The van der Waals surface area contributed by atoms with Crippen LogP contribution in [0.15, 0.2) is 18.5 Å². The fraction of sp³-hybridized carbons (Fsp3) is 0.545. The maximum absolute atomic E-state index is 8.94. The van der Waals surface area contributed by atoms with E-state index in [2.05, 4.69) is 4.98 Å². The summed E-state index contributed by atoms with van der Waals surface area (Å²) in [5, 5.41) is 8.94. The molecule has 0 aromatic carbocycles. The molecule has 1 saturated heterocycles. The van der Waals surface area contributed by atoms with Gasteiger partial charge in [-0.3, -0.25) is 4.98 Å². The van der Waals surface area contributed by atoms with Crippen LogP contribution in [0.2, 0.25) is 0 Å². The van der Waals surface area contributed by atoms with Gasteiger partial charge in [-0.1, -0.05) is 0 Å². The summed E-state index contributed by atoms with van der Waals surface area (Å²) in [6, 6.07) is 1.78. The quantitative estimate of drug-likeness (QED) is 0.819. The second-order valence-corrected chi connectivity index (χ2v) is 3.60. The van der Waals surface area contributed by atoms with Crippen LogP contribution in [0, 0.1) is 0 Å². The molecule has 1 aliphatic rings. The van der Waals surface area contributed by atoms with Crippen LogP contribution in [-0.4, -0.2) is 23.0 Å². The smallest absolute Gasteiger partial charge is 0.199 e. The average molecular weight is 209 g/mol. The van der Waals surface area contributed by atoms with Crippen molar-refractivity contribution in [3.05, 3.63) is 24.0 Å². The normalized spacial score (nSPS) is 21.3. The van der Waals surface area contributed by atoms with Crippen LogP contribution in [0.3, 0.4) is 0 Å². The van der Waals surface area contributed by atoms with E-state index in [1.807, 2.05) is 0 Å². The molecule has 0 aliphatic carbocycles. The molecular weight excluding hydrogens is 194 g/mol. The Morgan fingerprint density at radius 1 is 1.47 bits per heavy atom. The van der Waals surface area contributed by atoms with Crippen molar-refractivity contribution in [1.82, 2.24) is 4.98 Å². The molecule has 1 fully saturated rings. The van der Waals surface area contributed by atoms with Crippen molar-refractivity contribution in [1.29, 1.82) is 0 Å². The third-order valence-corrected chi connectivity index (χ3v) is 2.36. The van der Waals surface area contributed by atoms with Crippen LogP contribution in [0.1, 0.15) is 24.8 Å². The maximum Gasteiger partial charge on any atom is 0.199 e. The lowest BCUT2D eigenvalue weighted by molar-refractivity contribution is -0.106. The number of pyridine rings is 1. The second-order valence-electron chi connectivity index (χ2n) is 3.60. The Morgan fingerprint density at radius 2 is 2.40 bits per heavy atom. The zero-order chi connectivity index (χ0) is 10.5. The van der Waals surface area contributed by atoms with Gasteiger partial charge in [0.25, 0.3) is 0 Å². The van der Waals surface area contributed by atoms with Crippen molar-refractivity contribution in [3.8, 4) is 5.75 Å². The molecule has 2 rings (SSSR count). The first kappa shape index (κ1) is 10.4. The predicted molar refractivity (Wildman–Crippen MR) is 54.4 cm³/mol. The van der Waals surface area contributed by atoms with Gasteiger partial charge in [0.15, 0.2) is 6.29 Å². The van der Waals surface area contributed by atoms with Gasteiger partial charge in [-0.2, -0.15) is 0 Å². The Balaban J connectivity index is 1.96. The summed E-state index contributed by atoms with van der Waals surface area (Å²) in [6.07, 6.45) is 6.26. The molecular formula is C11H15NO3. The molecule has 1 atom stereocenters. The van der Waals surface area contributed by atoms with E-state index in [-0.39, 0.29) is 12.9 Å². The highest BCUT2D eigenvalue weighted by Crippen LogP contribution is 2.19. The van der Waals surface area contributed by atoms with Crippen LogP contribution in [0.25, 0.3) is 0 Å². The number of hydrogen-bond acceptors (Lipinski definition) is 4. The minimum atomic E-state index is -0.158. The van der Waals surface area contributed by atoms with E-state index in [4.69, 9.17) is 14.6 Å². The summed E-state index contributed by atoms with van der Waals surface area (Å²) >= 11 is 0. The zero-order valence-corrected chi connectivity index (χ0v) is 8.56. The Bertz CT molecular complexity index is 310. The van der Waals surface area contributed by atoms with Crippen molar-refractivity contribution in [2.24, 2.45) is 0 Å². The fourth-order valence-corrected chi connectivity index (χ4v) is 1.57. The largest absolute Gasteiger partial charge is 0.463 e. The molecule has 1 aromatic heterocycles. The lowest BCUT2D eigenvalue weighted by atomic mass is 10.2. The summed E-state index contributed by atoms with van der Waals surface area (Å²) in [7, 11) is 0. The Kier molecular flexibility index (Phi) is 3.53. The molecule has 1 unspecified atom stereocenters. The van der Waals surface area contributed by atoms with Gasteiger partial charge >= 0.3 is 0 Å². The number of aliphatic hydroxyl groups is 1. The van der Waals surface area contributed by atoms with E-state index in [9.17, 15) is 0 Å². The first-order valence-electron chi connectivity index (χ1n) is 5.21. The number of nitrogens with zero attached hydrogens (tertiary/aromatic N) is 1. The predicted octanol–water partition coefficient (Wildman–Crippen LogP) is 1.48. The van der Waals surface area contributed by atoms with Crippen LogP contribution in [0.4, 0.5) is 0 Å². The van der Waals surface area contributed by atoms with E-state index >= 15 is 0 Å². The second kappa shape index (κ2) is 5.09. The molecule has 0 amide bonds. The number of hydrogen-bond donors (Lipinski definition) is 1. The summed E-state index contributed by atoms with van der Waals surface area (Å²) in [5.41, 5.74) is 0.753. The first-order valence-corrected chi connectivity index (χ1v) is 5.21. The Hall–Kier alpha value is -1.13. The Labute approximate surface area is 88.9 Å². The summed E-state index contributed by atoms with van der Waals surface area (Å²) in [4.78, 5) is 3.98. The maximum atomic E-state index is 8.94. The average Bonchev–Trinajstić information content (AvgIpc) is 2.31. The molecule has 15 heavy (non-hydrogen) atoms. The molecule has 0 saturated carbocycles. The van der Waals surface area contributed by atoms with Gasteiger partial charge in [0.1, 0.15) is 5.75 Å². The van der Waals surface area contributed by atoms with Crippen molar-refractivity contribution >= 4 is 0 Å². The molecule has 0 bridgehead atoms. The van der Waals surface area contributed by atoms with Gasteiger partial charge in [-0.05, 0) is 24.5 Å². The topological polar surface area (TPSA) is 51.6 Å². The van der Waals surface area contributed by atoms with Gasteiger partial charge in [0.2, 0.25) is 0 Å². The lowest BCUT2D eigenvalue weighted by Crippen LogP contribution is -2.25. The molecule has 0 radical (unpaired) electrons. The minimum absolute atomic E-state index is 0.0181. The van der Waals surface area contributed by atoms with Crippen LogP contribution in [-0.2, 0) is 11.3 Å². The molecule has 1 aromatic rings. The van der Waals surface area contributed by atoms with Gasteiger partial charge in [-0.25, -0.2) is 0 Å². The Morgan fingerprint density at radius 3 is 3.13 bits per heavy atom. The highest BCUT2D eigenvalue weighted by atomic mass is 16.7. The third-order valence-electron chi connectivity index (χ3n) is 2.36. The number of ether oxygens (including phenoxy) is 2. The van der Waals surface area contributed by atoms with Gasteiger partial charge in [-0.15, -0.1) is 0 Å². The van der Waals surface area contributed by atoms with E-state index in [0.717, 1.165) is 31.4 Å². The van der Waals surface area contributed by atoms with E-state index in [1.54, 1.807) is 18.5 Å². The molecule has 0 spiro atoms. The zero-order valence-electron chi connectivity index (χ0n) is 8.56. The molecule has 1 N–H and O–H groups in total. The number of aliphatic hydroxyl groups excluding tert-OH is 1. The van der Waals surface area contributed by atoms with Crippen molar-refractivity contribution in [2.75, 3.05) is 6.61 Å². The summed E-state index contributed by atoms with van der Waals surface area (Å²) in [6.45, 7) is 0.744. The number of rotatable bonds is 3. The SMILES string of the molecule is OCc1cncc(OC2CCCCO2)c1. The van der Waals surface area contributed by atoms with Gasteiger partial charge in [0.05, 0.1) is 19.4 Å². The number of aromatic nitrogens is 1. The monoisotopic (exact) mass is 209 g/mol. The standard InChI is InChI=1S/C11H15NO3/c13-8-9-5-10(7-12-6-9)15-11-3-1-2-4-14-11/h5-7,11,13H,1-4,8H2. The van der Waals surface area contributed by atoms with Crippen molar-refractivity contribution in [2.45, 2.75) is 32.2 Å². The molecule has 82 valence electrons. The third kappa shape index (κ3) is 2.91. The first-order chi connectivity index (χ1) is 7.38. The van der Waals surface area contributed by atoms with Gasteiger partial charge < -0.3 is 14.6 Å². The highest BCUT2D eigenvalue weighted by molar-refractivity contribution is 5.23. The molecule has 1 aliphatic heterocycles. The van der Waals surface area contributed by atoms with Crippen molar-refractivity contribution < 1.29 is 14.6 Å². The van der Waals surface area contributed by atoms with E-state index in [1.165, 1.54) is 0 Å². The van der Waals surface area contributed by atoms with E-state index < -0.39 is 0 Å². The van der Waals surface area contributed by atoms with Gasteiger partial charge in [0, 0.05) is 12.6 Å². The molecule has 4 heteroatoms. The summed E-state index contributed by atoms with van der Waals surface area (Å²) in [5.74, 6) is 0.661. The minimum Gasteiger partial charge on any atom is -0.463 e. The molecule has 4 nitrogen and oxygen atoms in total. The lowest BCUT2D eigenvalue weighted by Gasteiger charge is -2.23. The summed E-state index contributed by atoms with van der Waals surface area (Å²) < 4.78 is 11.0. The van der Waals surface area contributed by atoms with Crippen LogP contribution >= 0.6 is 0 Å². The highest BCUT2D eigenvalue weighted by Gasteiger charge is 2.15.